The van der Waals surface area contributed by atoms with Gasteiger partial charge in [-0.15, -0.1) is 0 Å². The van der Waals surface area contributed by atoms with E-state index in [0.717, 1.165) is 24.3 Å². The Labute approximate surface area is 88.3 Å². The third kappa shape index (κ3) is 2.42. The number of rotatable bonds is 2. The Morgan fingerprint density at radius 1 is 1.29 bits per heavy atom. The summed E-state index contributed by atoms with van der Waals surface area (Å²) in [5.41, 5.74) is 0.219. The van der Waals surface area contributed by atoms with Crippen molar-refractivity contribution in [1.29, 1.82) is 0 Å². The van der Waals surface area contributed by atoms with Crippen molar-refractivity contribution in [3.8, 4) is 5.75 Å². The molecule has 14 heavy (non-hydrogen) atoms. The van der Waals surface area contributed by atoms with Crippen LogP contribution in [0.15, 0.2) is 29.2 Å². The van der Waals surface area contributed by atoms with E-state index in [1.54, 1.807) is 17.8 Å². The van der Waals surface area contributed by atoms with E-state index in [1.807, 2.05) is 18.2 Å². The van der Waals surface area contributed by atoms with Gasteiger partial charge in [0.1, 0.15) is 11.2 Å². The summed E-state index contributed by atoms with van der Waals surface area (Å²) in [7, 11) is 0. The molecule has 0 bridgehead atoms. The fourth-order valence-electron chi connectivity index (χ4n) is 1.50. The second-order valence-electron chi connectivity index (χ2n) is 3.38. The van der Waals surface area contributed by atoms with Crippen molar-refractivity contribution in [2.75, 3.05) is 6.61 Å². The monoisotopic (exact) mass is 210 g/mol. The summed E-state index contributed by atoms with van der Waals surface area (Å²) < 4.78 is 5.59. The van der Waals surface area contributed by atoms with Gasteiger partial charge in [-0.05, 0) is 31.4 Å². The fourth-order valence-corrected chi connectivity index (χ4v) is 2.58. The zero-order chi connectivity index (χ0) is 9.80. The standard InChI is InChI=1S/C11H14O2S/c12-9-5-1-2-6-10(9)14-11-7-3-4-8-13-11/h1-2,5-6,11-12H,3-4,7-8H2/t11-/m0/s1. The van der Waals surface area contributed by atoms with Gasteiger partial charge >= 0.3 is 0 Å². The molecule has 1 N–H and O–H groups in total. The zero-order valence-corrected chi connectivity index (χ0v) is 8.80. The van der Waals surface area contributed by atoms with Gasteiger partial charge in [-0.3, -0.25) is 0 Å². The molecule has 1 fully saturated rings. The van der Waals surface area contributed by atoms with Crippen molar-refractivity contribution in [2.24, 2.45) is 0 Å². The summed E-state index contributed by atoms with van der Waals surface area (Å²) in [5.74, 6) is 0.353. The van der Waals surface area contributed by atoms with Crippen molar-refractivity contribution in [1.82, 2.24) is 0 Å². The summed E-state index contributed by atoms with van der Waals surface area (Å²) in [6, 6.07) is 7.41. The van der Waals surface area contributed by atoms with E-state index in [1.165, 1.54) is 6.42 Å². The molecule has 0 spiro atoms. The molecule has 76 valence electrons. The van der Waals surface area contributed by atoms with E-state index < -0.39 is 0 Å². The summed E-state index contributed by atoms with van der Waals surface area (Å²) in [5, 5.41) is 9.56. The van der Waals surface area contributed by atoms with Crippen molar-refractivity contribution in [2.45, 2.75) is 29.6 Å². The predicted molar refractivity (Wildman–Crippen MR) is 57.6 cm³/mol. The molecule has 1 aromatic rings. The molecule has 0 unspecified atom stereocenters. The molecule has 2 rings (SSSR count). The van der Waals surface area contributed by atoms with Crippen LogP contribution in [-0.4, -0.2) is 17.1 Å². The number of phenolic OH excluding ortho intramolecular Hbond substituents is 1. The first-order valence-corrected chi connectivity index (χ1v) is 5.80. The maximum atomic E-state index is 9.56. The Bertz CT molecular complexity index is 295. The summed E-state index contributed by atoms with van der Waals surface area (Å²) >= 11 is 1.62. The number of ether oxygens (including phenoxy) is 1. The molecule has 3 heteroatoms. The van der Waals surface area contributed by atoms with Gasteiger partial charge in [0.2, 0.25) is 0 Å². The lowest BCUT2D eigenvalue weighted by molar-refractivity contribution is 0.0727. The van der Waals surface area contributed by atoms with Crippen LogP contribution in [0.4, 0.5) is 0 Å². The third-order valence-corrected chi connectivity index (χ3v) is 3.50. The molecule has 0 saturated carbocycles. The third-order valence-electron chi connectivity index (χ3n) is 2.26. The van der Waals surface area contributed by atoms with Crippen LogP contribution in [0.25, 0.3) is 0 Å². The van der Waals surface area contributed by atoms with Gasteiger partial charge in [-0.1, -0.05) is 23.9 Å². The van der Waals surface area contributed by atoms with Crippen molar-refractivity contribution in [3.63, 3.8) is 0 Å². The molecular formula is C11H14O2S. The lowest BCUT2D eigenvalue weighted by Gasteiger charge is -2.22. The SMILES string of the molecule is Oc1ccccc1S[C@H]1CCCCO1. The van der Waals surface area contributed by atoms with E-state index in [9.17, 15) is 5.11 Å². The highest BCUT2D eigenvalue weighted by Gasteiger charge is 2.16. The Hall–Kier alpha value is -0.670. The number of benzene rings is 1. The summed E-state index contributed by atoms with van der Waals surface area (Å²) in [6.07, 6.45) is 3.47. The highest BCUT2D eigenvalue weighted by atomic mass is 32.2. The van der Waals surface area contributed by atoms with E-state index in [2.05, 4.69) is 0 Å². The van der Waals surface area contributed by atoms with Crippen LogP contribution in [0.1, 0.15) is 19.3 Å². The van der Waals surface area contributed by atoms with Crippen LogP contribution in [-0.2, 0) is 4.74 Å². The number of hydrogen-bond acceptors (Lipinski definition) is 3. The zero-order valence-electron chi connectivity index (χ0n) is 7.98. The second kappa shape index (κ2) is 4.71. The molecule has 1 aliphatic rings. The number of hydrogen-bond donors (Lipinski definition) is 1. The molecule has 0 aliphatic carbocycles. The highest BCUT2D eigenvalue weighted by Crippen LogP contribution is 2.34. The molecular weight excluding hydrogens is 196 g/mol. The van der Waals surface area contributed by atoms with E-state index >= 15 is 0 Å². The van der Waals surface area contributed by atoms with Crippen molar-refractivity contribution in [3.05, 3.63) is 24.3 Å². The molecule has 1 atom stereocenters. The van der Waals surface area contributed by atoms with Crippen LogP contribution in [0.3, 0.4) is 0 Å². The molecule has 0 aromatic heterocycles. The minimum Gasteiger partial charge on any atom is -0.507 e. The van der Waals surface area contributed by atoms with Gasteiger partial charge in [0.25, 0.3) is 0 Å². The van der Waals surface area contributed by atoms with Crippen LogP contribution < -0.4 is 0 Å². The average molecular weight is 210 g/mol. The smallest absolute Gasteiger partial charge is 0.129 e. The maximum absolute atomic E-state index is 9.56. The predicted octanol–water partition coefficient (Wildman–Crippen LogP) is 3.01. The van der Waals surface area contributed by atoms with Crippen molar-refractivity contribution >= 4 is 11.8 Å². The van der Waals surface area contributed by atoms with E-state index in [0.29, 0.717) is 5.75 Å². The van der Waals surface area contributed by atoms with E-state index in [-0.39, 0.29) is 5.44 Å². The first-order valence-electron chi connectivity index (χ1n) is 4.92. The molecule has 1 aliphatic heterocycles. The summed E-state index contributed by atoms with van der Waals surface area (Å²) in [6.45, 7) is 0.852. The van der Waals surface area contributed by atoms with Crippen molar-refractivity contribution < 1.29 is 9.84 Å². The topological polar surface area (TPSA) is 29.5 Å². The highest BCUT2D eigenvalue weighted by molar-refractivity contribution is 7.99. The quantitative estimate of drug-likeness (QED) is 0.813. The minimum atomic E-state index is 0.219. The number of thioether (sulfide) groups is 1. The van der Waals surface area contributed by atoms with Crippen LogP contribution in [0.2, 0.25) is 0 Å². The maximum Gasteiger partial charge on any atom is 0.129 e. The Morgan fingerprint density at radius 2 is 2.14 bits per heavy atom. The normalized spacial score (nSPS) is 22.1. The fraction of sp³-hybridized carbons (Fsp3) is 0.455. The second-order valence-corrected chi connectivity index (χ2v) is 4.58. The molecule has 2 nitrogen and oxygen atoms in total. The molecule has 0 radical (unpaired) electrons. The Balaban J connectivity index is 1.99. The Kier molecular flexibility index (Phi) is 3.32. The Morgan fingerprint density at radius 3 is 2.86 bits per heavy atom. The molecule has 1 saturated heterocycles. The lowest BCUT2D eigenvalue weighted by Crippen LogP contribution is -2.14. The van der Waals surface area contributed by atoms with Gasteiger partial charge in [0.15, 0.2) is 0 Å². The first-order chi connectivity index (χ1) is 6.86. The average Bonchev–Trinajstić information content (AvgIpc) is 2.23. The minimum absolute atomic E-state index is 0.219. The van der Waals surface area contributed by atoms with Gasteiger partial charge in [0, 0.05) is 6.61 Å². The van der Waals surface area contributed by atoms with Crippen LogP contribution in [0, 0.1) is 0 Å². The van der Waals surface area contributed by atoms with E-state index in [4.69, 9.17) is 4.74 Å². The van der Waals surface area contributed by atoms with Gasteiger partial charge in [-0.25, -0.2) is 0 Å². The summed E-state index contributed by atoms with van der Waals surface area (Å²) in [4.78, 5) is 0.916. The molecule has 1 aromatic carbocycles. The molecule has 0 amide bonds. The molecule has 1 heterocycles. The largest absolute Gasteiger partial charge is 0.507 e. The number of para-hydroxylation sites is 1. The van der Waals surface area contributed by atoms with Crippen LogP contribution in [0.5, 0.6) is 5.75 Å². The lowest BCUT2D eigenvalue weighted by atomic mass is 10.2. The number of phenols is 1. The van der Waals surface area contributed by atoms with Crippen LogP contribution >= 0.6 is 11.8 Å². The first kappa shape index (κ1) is 9.87. The van der Waals surface area contributed by atoms with Gasteiger partial charge in [0.05, 0.1) is 4.90 Å². The van der Waals surface area contributed by atoms with Gasteiger partial charge in [-0.2, -0.15) is 0 Å². The number of aromatic hydroxyl groups is 1. The van der Waals surface area contributed by atoms with Gasteiger partial charge < -0.3 is 9.84 Å².